The molecule has 0 atom stereocenters. The largest absolute Gasteiger partial charge is 0.296 e. The number of aryl methyl sites for hydroxylation is 1. The quantitative estimate of drug-likeness (QED) is 0.535. The van der Waals surface area contributed by atoms with E-state index in [-0.39, 0.29) is 17.7 Å². The number of benzene rings is 2. The van der Waals surface area contributed by atoms with E-state index in [2.05, 4.69) is 10.1 Å². The molecule has 0 saturated heterocycles. The first-order valence-electron chi connectivity index (χ1n) is 8.25. The molecule has 0 spiro atoms. The molecule has 0 aliphatic carbocycles. The molecule has 2 aromatic carbocycles. The Morgan fingerprint density at radius 3 is 2.48 bits per heavy atom. The summed E-state index contributed by atoms with van der Waals surface area (Å²) in [7, 11) is 0. The average molecular weight is 396 g/mol. The Morgan fingerprint density at radius 2 is 1.78 bits per heavy atom. The normalized spacial score (nSPS) is 12.0. The van der Waals surface area contributed by atoms with E-state index in [0.29, 0.717) is 14.5 Å². The number of halogens is 1. The van der Waals surface area contributed by atoms with E-state index in [1.807, 2.05) is 43.3 Å². The summed E-state index contributed by atoms with van der Waals surface area (Å²) in [6.07, 6.45) is 2.07. The van der Waals surface area contributed by atoms with Gasteiger partial charge in [-0.1, -0.05) is 64.9 Å². The van der Waals surface area contributed by atoms with Crippen molar-refractivity contribution < 1.29 is 0 Å². The number of hydrogen-bond donors (Lipinski definition) is 0. The van der Waals surface area contributed by atoms with Crippen molar-refractivity contribution in [1.29, 1.82) is 0 Å². The van der Waals surface area contributed by atoms with Gasteiger partial charge in [-0.25, -0.2) is 0 Å². The van der Waals surface area contributed by atoms with Gasteiger partial charge in [0.15, 0.2) is 0 Å². The molecular weight excluding hydrogens is 382 g/mol. The highest BCUT2D eigenvalue weighted by molar-refractivity contribution is 7.15. The minimum Gasteiger partial charge on any atom is -0.266 e. The first-order chi connectivity index (χ1) is 13.0. The van der Waals surface area contributed by atoms with Crippen LogP contribution in [0.3, 0.4) is 0 Å². The SMILES string of the molecule is Cc1ccc(/C=c2\sc3nc(=O)c(Cc4ccc(Cl)cc4)nn3c2=O)cc1. The van der Waals surface area contributed by atoms with Crippen molar-refractivity contribution in [2.45, 2.75) is 13.3 Å². The molecule has 4 aromatic rings. The van der Waals surface area contributed by atoms with E-state index in [4.69, 9.17) is 11.6 Å². The van der Waals surface area contributed by atoms with E-state index < -0.39 is 5.56 Å². The third-order valence-corrected chi connectivity index (χ3v) is 5.32. The average Bonchev–Trinajstić information content (AvgIpc) is 2.94. The second-order valence-corrected chi connectivity index (χ2v) is 7.63. The summed E-state index contributed by atoms with van der Waals surface area (Å²) in [6, 6.07) is 15.0. The molecule has 0 amide bonds. The number of aromatic nitrogens is 3. The smallest absolute Gasteiger partial charge is 0.266 e. The van der Waals surface area contributed by atoms with Gasteiger partial charge in [0.05, 0.1) is 4.53 Å². The van der Waals surface area contributed by atoms with Gasteiger partial charge in [0, 0.05) is 11.4 Å². The Kier molecular flexibility index (Phi) is 4.59. The predicted octanol–water partition coefficient (Wildman–Crippen LogP) is 2.61. The standard InChI is InChI=1S/C20H14ClN3O2S/c1-12-2-4-14(5-3-12)11-17-19(26)24-20(27-17)22-18(25)16(23-24)10-13-6-8-15(21)9-7-13/h2-9,11H,10H2,1H3/b17-11-. The fourth-order valence-corrected chi connectivity index (χ4v) is 3.69. The second-order valence-electron chi connectivity index (χ2n) is 6.19. The van der Waals surface area contributed by atoms with Crippen LogP contribution in [0.1, 0.15) is 22.4 Å². The maximum atomic E-state index is 12.7. The molecule has 27 heavy (non-hydrogen) atoms. The van der Waals surface area contributed by atoms with Crippen LogP contribution in [0.2, 0.25) is 5.02 Å². The van der Waals surface area contributed by atoms with E-state index >= 15 is 0 Å². The van der Waals surface area contributed by atoms with Gasteiger partial charge in [-0.2, -0.15) is 14.6 Å². The zero-order valence-electron chi connectivity index (χ0n) is 14.3. The van der Waals surface area contributed by atoms with E-state index in [0.717, 1.165) is 28.0 Å². The van der Waals surface area contributed by atoms with Crippen LogP contribution in [0.25, 0.3) is 11.0 Å². The highest BCUT2D eigenvalue weighted by atomic mass is 35.5. The van der Waals surface area contributed by atoms with Gasteiger partial charge in [0.25, 0.3) is 11.1 Å². The molecule has 0 saturated carbocycles. The van der Waals surface area contributed by atoms with Crippen molar-refractivity contribution in [3.8, 4) is 0 Å². The van der Waals surface area contributed by atoms with Crippen LogP contribution in [0, 0.1) is 6.92 Å². The van der Waals surface area contributed by atoms with Crippen molar-refractivity contribution in [3.63, 3.8) is 0 Å². The minimum atomic E-state index is -0.423. The number of thiazole rings is 1. The highest BCUT2D eigenvalue weighted by Crippen LogP contribution is 2.11. The maximum absolute atomic E-state index is 12.7. The lowest BCUT2D eigenvalue weighted by atomic mass is 10.1. The molecule has 0 aliphatic rings. The van der Waals surface area contributed by atoms with Crippen LogP contribution < -0.4 is 15.7 Å². The molecule has 5 nitrogen and oxygen atoms in total. The Labute approximate surface area is 163 Å². The monoisotopic (exact) mass is 395 g/mol. The predicted molar refractivity (Wildman–Crippen MR) is 108 cm³/mol. The first-order valence-corrected chi connectivity index (χ1v) is 9.45. The third-order valence-electron chi connectivity index (χ3n) is 4.11. The maximum Gasteiger partial charge on any atom is 0.296 e. The third kappa shape index (κ3) is 3.67. The number of rotatable bonds is 3. The van der Waals surface area contributed by atoms with Gasteiger partial charge in [0.2, 0.25) is 4.96 Å². The van der Waals surface area contributed by atoms with Crippen LogP contribution in [0.5, 0.6) is 0 Å². The zero-order valence-corrected chi connectivity index (χ0v) is 15.9. The molecule has 2 heterocycles. The minimum absolute atomic E-state index is 0.228. The molecule has 4 rings (SSSR count). The summed E-state index contributed by atoms with van der Waals surface area (Å²) in [4.78, 5) is 29.3. The van der Waals surface area contributed by atoms with Crippen LogP contribution in [-0.2, 0) is 6.42 Å². The summed E-state index contributed by atoms with van der Waals surface area (Å²) in [6.45, 7) is 2.00. The van der Waals surface area contributed by atoms with Gasteiger partial charge < -0.3 is 0 Å². The van der Waals surface area contributed by atoms with E-state index in [1.54, 1.807) is 18.2 Å². The van der Waals surface area contributed by atoms with Crippen molar-refractivity contribution in [3.05, 3.63) is 101 Å². The van der Waals surface area contributed by atoms with Crippen molar-refractivity contribution in [1.82, 2.24) is 14.6 Å². The Hall–Kier alpha value is -2.83. The molecule has 0 bridgehead atoms. The summed E-state index contributed by atoms with van der Waals surface area (Å²) in [5.41, 5.74) is 2.46. The molecule has 7 heteroatoms. The Bertz CT molecular complexity index is 1290. The Morgan fingerprint density at radius 1 is 1.07 bits per heavy atom. The summed E-state index contributed by atoms with van der Waals surface area (Å²) < 4.78 is 1.69. The lowest BCUT2D eigenvalue weighted by Crippen LogP contribution is -2.28. The molecule has 0 N–H and O–H groups in total. The molecule has 0 aliphatic heterocycles. The number of fused-ring (bicyclic) bond motifs is 1. The second kappa shape index (κ2) is 7.06. The molecule has 0 radical (unpaired) electrons. The molecular formula is C20H14ClN3O2S. The lowest BCUT2D eigenvalue weighted by molar-refractivity contribution is 0.811. The highest BCUT2D eigenvalue weighted by Gasteiger charge is 2.11. The van der Waals surface area contributed by atoms with E-state index in [1.165, 1.54) is 4.52 Å². The summed E-state index contributed by atoms with van der Waals surface area (Å²) in [5, 5.41) is 4.87. The van der Waals surface area contributed by atoms with Gasteiger partial charge in [0.1, 0.15) is 5.69 Å². The number of nitrogens with zero attached hydrogens (tertiary/aromatic N) is 3. The van der Waals surface area contributed by atoms with Crippen molar-refractivity contribution >= 4 is 34.0 Å². The van der Waals surface area contributed by atoms with Gasteiger partial charge in [-0.3, -0.25) is 9.59 Å². The fraction of sp³-hybridized carbons (Fsp3) is 0.100. The van der Waals surface area contributed by atoms with Crippen molar-refractivity contribution in [2.24, 2.45) is 0 Å². The van der Waals surface area contributed by atoms with Crippen LogP contribution >= 0.6 is 22.9 Å². The van der Waals surface area contributed by atoms with Crippen LogP contribution in [0.15, 0.2) is 58.1 Å². The van der Waals surface area contributed by atoms with Crippen LogP contribution in [-0.4, -0.2) is 14.6 Å². The zero-order chi connectivity index (χ0) is 19.0. The topological polar surface area (TPSA) is 64.3 Å². The van der Waals surface area contributed by atoms with Gasteiger partial charge in [-0.15, -0.1) is 0 Å². The summed E-state index contributed by atoms with van der Waals surface area (Å²) in [5.74, 6) is 0. The molecule has 134 valence electrons. The van der Waals surface area contributed by atoms with Gasteiger partial charge >= 0.3 is 0 Å². The fourth-order valence-electron chi connectivity index (χ4n) is 2.66. The number of hydrogen-bond acceptors (Lipinski definition) is 5. The van der Waals surface area contributed by atoms with Crippen molar-refractivity contribution in [2.75, 3.05) is 0 Å². The lowest BCUT2D eigenvalue weighted by Gasteiger charge is -2.00. The molecule has 0 unspecified atom stereocenters. The van der Waals surface area contributed by atoms with E-state index in [9.17, 15) is 9.59 Å². The first kappa shape index (κ1) is 17.6. The molecule has 0 fully saturated rings. The Balaban J connectivity index is 1.79. The van der Waals surface area contributed by atoms with Gasteiger partial charge in [-0.05, 0) is 36.3 Å². The summed E-state index contributed by atoms with van der Waals surface area (Å²) >= 11 is 7.04. The molecule has 2 aromatic heterocycles. The van der Waals surface area contributed by atoms with Crippen LogP contribution in [0.4, 0.5) is 0 Å².